The van der Waals surface area contributed by atoms with E-state index in [2.05, 4.69) is 21.9 Å². The summed E-state index contributed by atoms with van der Waals surface area (Å²) in [6.07, 6.45) is 0.259. The van der Waals surface area contributed by atoms with Crippen LogP contribution in [0.1, 0.15) is 53.4 Å². The van der Waals surface area contributed by atoms with Crippen LogP contribution in [0.4, 0.5) is 4.79 Å². The van der Waals surface area contributed by atoms with Crippen LogP contribution < -0.4 is 24.8 Å². The molecule has 15 heteroatoms. The van der Waals surface area contributed by atoms with Gasteiger partial charge in [-0.15, -0.1) is 6.58 Å². The maximum Gasteiger partial charge on any atom is 0.408 e. The zero-order valence-corrected chi connectivity index (χ0v) is 31.5. The monoisotopic (exact) mass is 759 g/mol. The van der Waals surface area contributed by atoms with E-state index in [0.717, 1.165) is 10.9 Å². The molecule has 2 saturated carbocycles. The molecule has 3 N–H and O–H groups in total. The summed E-state index contributed by atoms with van der Waals surface area (Å²) in [6, 6.07) is 14.6. The summed E-state index contributed by atoms with van der Waals surface area (Å²) >= 11 is 0. The van der Waals surface area contributed by atoms with E-state index in [1.807, 2.05) is 48.5 Å². The van der Waals surface area contributed by atoms with Gasteiger partial charge >= 0.3 is 6.09 Å². The summed E-state index contributed by atoms with van der Waals surface area (Å²) in [5.41, 5.74) is -0.336. The molecule has 2 aliphatic heterocycles. The topological polar surface area (TPSA) is 182 Å². The highest BCUT2D eigenvalue weighted by Crippen LogP contribution is 2.46. The minimum atomic E-state index is -3.91. The lowest BCUT2D eigenvalue weighted by Gasteiger charge is -2.35. The second-order valence-corrected chi connectivity index (χ2v) is 17.7. The Morgan fingerprint density at radius 3 is 2.54 bits per heavy atom. The third-order valence-corrected chi connectivity index (χ3v) is 12.2. The van der Waals surface area contributed by atoms with Crippen LogP contribution in [0.15, 0.2) is 67.3 Å². The largest absolute Gasteiger partial charge is 0.490 e. The van der Waals surface area contributed by atoms with Gasteiger partial charge in [0.05, 0.1) is 17.3 Å². The van der Waals surface area contributed by atoms with Crippen molar-refractivity contribution in [3.63, 3.8) is 0 Å². The molecule has 2 unspecified atom stereocenters. The molecule has 1 saturated heterocycles. The summed E-state index contributed by atoms with van der Waals surface area (Å²) in [4.78, 5) is 62.0. The number of hydrogen-bond donors (Lipinski definition) is 3. The highest BCUT2D eigenvalue weighted by Gasteiger charge is 2.62. The number of carbonyl (C=O) groups is 4. The molecule has 0 radical (unpaired) electrons. The minimum absolute atomic E-state index is 0.00381. The summed E-state index contributed by atoms with van der Waals surface area (Å²) in [5.74, 6) is -1.81. The van der Waals surface area contributed by atoms with Crippen LogP contribution in [0.2, 0.25) is 0 Å². The van der Waals surface area contributed by atoms with Gasteiger partial charge in [-0.3, -0.25) is 19.1 Å². The van der Waals surface area contributed by atoms with Crippen molar-refractivity contribution in [3.8, 4) is 22.8 Å². The molecule has 3 aromatic rings. The Kier molecular flexibility index (Phi) is 9.57. The fraction of sp³-hybridized carbons (Fsp3) is 0.462. The van der Waals surface area contributed by atoms with Crippen molar-refractivity contribution in [1.29, 1.82) is 0 Å². The number of carbonyl (C=O) groups excluding carboxylic acids is 4. The van der Waals surface area contributed by atoms with Crippen molar-refractivity contribution in [3.05, 3.63) is 67.3 Å². The highest BCUT2D eigenvalue weighted by atomic mass is 32.2. The van der Waals surface area contributed by atoms with Gasteiger partial charge in [-0.05, 0) is 61.4 Å². The molecule has 2 aliphatic carbocycles. The number of benzene rings is 2. The van der Waals surface area contributed by atoms with E-state index in [-0.39, 0.29) is 31.9 Å². The molecule has 14 nitrogen and oxygen atoms in total. The number of cyclic esters (lactones) is 1. The third kappa shape index (κ3) is 7.46. The average molecular weight is 760 g/mol. The van der Waals surface area contributed by atoms with Gasteiger partial charge in [-0.1, -0.05) is 57.2 Å². The number of sulfonamides is 1. The lowest BCUT2D eigenvalue weighted by atomic mass is 9.85. The van der Waals surface area contributed by atoms with Gasteiger partial charge in [-0.25, -0.2) is 18.2 Å². The molecule has 1 aromatic heterocycles. The molecular formula is C39H45N5O9S. The first kappa shape index (κ1) is 37.1. The molecular weight excluding hydrogens is 715 g/mol. The Morgan fingerprint density at radius 1 is 1.07 bits per heavy atom. The number of nitrogens with zero attached hydrogens (tertiary/aromatic N) is 2. The van der Waals surface area contributed by atoms with E-state index in [0.29, 0.717) is 29.7 Å². The average Bonchev–Trinajstić information content (AvgIpc) is 4.05. The van der Waals surface area contributed by atoms with Crippen molar-refractivity contribution < 1.29 is 41.8 Å². The van der Waals surface area contributed by atoms with E-state index >= 15 is 0 Å². The molecule has 3 fully saturated rings. The van der Waals surface area contributed by atoms with E-state index in [9.17, 15) is 27.6 Å². The lowest BCUT2D eigenvalue weighted by molar-refractivity contribution is -0.143. The number of fused-ring (bicyclic) bond motifs is 7. The summed E-state index contributed by atoms with van der Waals surface area (Å²) in [7, 11) is -3.91. The van der Waals surface area contributed by atoms with Gasteiger partial charge in [0.1, 0.15) is 42.2 Å². The Bertz CT molecular complexity index is 2130. The standard InChI is InChI=1S/C39H45N5O9S/c1-6-25-19-39(25,36(47)43-54(49,50)28-14-15-28)42-33(45)31-18-27-20-44(31)35(46)32(38(3,4)5)41-37(48)52-22(2)21-51-26-12-9-11-23(16-26)29-17-24-10-7-8-13-30(24)40-34(29)53-27/h6-13,16-17,22,25,27-28,31-32H,1,14-15,18-21H2,2-5H3,(H,41,48)(H,42,45)(H,43,47)/t22-,25-,27?,31+,32-,39?/m1/s1. The molecule has 7 rings (SSSR count). The Hall–Kier alpha value is -5.18. The van der Waals surface area contributed by atoms with Gasteiger partial charge in [0.2, 0.25) is 27.7 Å². The second kappa shape index (κ2) is 13.9. The van der Waals surface area contributed by atoms with Crippen LogP contribution in [-0.2, 0) is 29.1 Å². The van der Waals surface area contributed by atoms with E-state index in [1.54, 1.807) is 33.8 Å². The summed E-state index contributed by atoms with van der Waals surface area (Å²) < 4.78 is 45.9. The molecule has 54 heavy (non-hydrogen) atoms. The van der Waals surface area contributed by atoms with E-state index in [4.69, 9.17) is 19.2 Å². The van der Waals surface area contributed by atoms with Crippen LogP contribution in [0.5, 0.6) is 11.6 Å². The highest BCUT2D eigenvalue weighted by molar-refractivity contribution is 7.91. The zero-order chi connectivity index (χ0) is 38.6. The Balaban J connectivity index is 1.27. The third-order valence-electron chi connectivity index (χ3n) is 10.4. The zero-order valence-electron chi connectivity index (χ0n) is 30.7. The van der Waals surface area contributed by atoms with Crippen molar-refractivity contribution in [1.82, 2.24) is 25.2 Å². The van der Waals surface area contributed by atoms with Gasteiger partial charge in [0.25, 0.3) is 5.91 Å². The number of aromatic nitrogens is 1. The van der Waals surface area contributed by atoms with E-state index in [1.165, 1.54) is 11.0 Å². The van der Waals surface area contributed by atoms with Crippen molar-refractivity contribution in [2.45, 2.75) is 88.5 Å². The minimum Gasteiger partial charge on any atom is -0.490 e. The van der Waals surface area contributed by atoms with Gasteiger partial charge in [-0.2, -0.15) is 0 Å². The normalized spacial score (nSPS) is 27.3. The van der Waals surface area contributed by atoms with Crippen LogP contribution >= 0.6 is 0 Å². The number of amides is 4. The van der Waals surface area contributed by atoms with Crippen molar-refractivity contribution in [2.24, 2.45) is 11.3 Å². The maximum absolute atomic E-state index is 14.6. The number of rotatable bonds is 6. The molecule has 4 aliphatic rings. The van der Waals surface area contributed by atoms with E-state index < -0.39 is 80.3 Å². The van der Waals surface area contributed by atoms with Crippen LogP contribution in [0.3, 0.4) is 0 Å². The molecule has 4 bridgehead atoms. The number of para-hydroxylation sites is 1. The predicted octanol–water partition coefficient (Wildman–Crippen LogP) is 3.84. The lowest BCUT2D eigenvalue weighted by Crippen LogP contribution is -2.60. The molecule has 0 spiro atoms. The smallest absolute Gasteiger partial charge is 0.408 e. The second-order valence-electron chi connectivity index (χ2n) is 15.7. The van der Waals surface area contributed by atoms with Crippen LogP contribution in [0, 0.1) is 11.3 Å². The molecule has 6 atom stereocenters. The van der Waals surface area contributed by atoms with Crippen molar-refractivity contribution >= 4 is 44.7 Å². The maximum atomic E-state index is 14.6. The molecule has 4 amide bonds. The molecule has 286 valence electrons. The van der Waals surface area contributed by atoms with Crippen molar-refractivity contribution in [2.75, 3.05) is 13.2 Å². The molecule has 2 aromatic carbocycles. The number of nitrogens with one attached hydrogen (secondary N) is 3. The fourth-order valence-corrected chi connectivity index (χ4v) is 8.46. The number of alkyl carbamates (subject to hydrolysis) is 1. The summed E-state index contributed by atoms with van der Waals surface area (Å²) in [5, 5.41) is 5.74. The molecule has 3 heterocycles. The number of pyridine rings is 1. The number of ether oxygens (including phenoxy) is 3. The van der Waals surface area contributed by atoms with Crippen LogP contribution in [0.25, 0.3) is 22.0 Å². The summed E-state index contributed by atoms with van der Waals surface area (Å²) in [6.45, 7) is 10.8. The SMILES string of the molecule is C=C[C@@H]1CC1(NC(=O)[C@@H]1CC2CN1C(=O)[C@H](C(C)(C)C)NC(=O)O[C@H](C)COc1cccc(c1)-c1cc3ccccc3nc1O2)C(=O)NS(=O)(=O)C1CC1. The first-order valence-electron chi connectivity index (χ1n) is 18.2. The predicted molar refractivity (Wildman–Crippen MR) is 199 cm³/mol. The quantitative estimate of drug-likeness (QED) is 0.313. The van der Waals surface area contributed by atoms with Crippen LogP contribution in [-0.4, -0.2) is 90.3 Å². The van der Waals surface area contributed by atoms with Gasteiger partial charge in [0.15, 0.2) is 0 Å². The van der Waals surface area contributed by atoms with Gasteiger partial charge < -0.3 is 29.7 Å². The first-order chi connectivity index (χ1) is 25.6. The Labute approximate surface area is 314 Å². The first-order valence-corrected chi connectivity index (χ1v) is 19.7. The number of hydrogen-bond acceptors (Lipinski definition) is 10. The Morgan fingerprint density at radius 2 is 1.83 bits per heavy atom. The fourth-order valence-electron chi connectivity index (χ4n) is 7.10. The van der Waals surface area contributed by atoms with Gasteiger partial charge in [0, 0.05) is 23.3 Å².